The molecule has 1 aliphatic heterocycles. The van der Waals surface area contributed by atoms with E-state index in [1.165, 1.54) is 11.4 Å². The molecule has 0 aliphatic carbocycles. The first-order valence-electron chi connectivity index (χ1n) is 5.70. The number of hydrogen-bond acceptors (Lipinski definition) is 4. The van der Waals surface area contributed by atoms with Crippen molar-refractivity contribution in [2.24, 2.45) is 0 Å². The molecule has 1 aromatic heterocycles. The average molecular weight is 327 g/mol. The highest BCUT2D eigenvalue weighted by Crippen LogP contribution is 2.32. The van der Waals surface area contributed by atoms with Gasteiger partial charge in [-0.25, -0.2) is 8.42 Å². The van der Waals surface area contributed by atoms with Gasteiger partial charge in [-0.05, 0) is 12.5 Å². The number of alkyl halides is 3. The van der Waals surface area contributed by atoms with Crippen LogP contribution in [0.3, 0.4) is 0 Å². The second kappa shape index (κ2) is 5.47. The Bertz CT molecular complexity index is 619. The average Bonchev–Trinajstić information content (AvgIpc) is 2.87. The summed E-state index contributed by atoms with van der Waals surface area (Å²) in [6.07, 6.45) is -3.84. The molecule has 0 fully saturated rings. The van der Waals surface area contributed by atoms with Crippen LogP contribution in [-0.2, 0) is 16.6 Å². The lowest BCUT2D eigenvalue weighted by atomic mass is 10.1. The fourth-order valence-corrected chi connectivity index (χ4v) is 4.36. The van der Waals surface area contributed by atoms with Crippen LogP contribution in [0, 0.1) is 0 Å². The standard InChI is InChI=1S/C11H12F3NO3S2/c12-11(13,14)8-1-3-15(4-2-8)20(17,18)10-5-9(6-16)19-7-10/h1,5,7,16H,2-4,6H2. The van der Waals surface area contributed by atoms with Gasteiger partial charge >= 0.3 is 6.18 Å². The third-order valence-corrected chi connectivity index (χ3v) is 5.87. The number of thiophene rings is 1. The summed E-state index contributed by atoms with van der Waals surface area (Å²) in [6.45, 7) is -0.752. The number of sulfonamides is 1. The van der Waals surface area contributed by atoms with Crippen LogP contribution in [0.1, 0.15) is 11.3 Å². The molecule has 1 aromatic rings. The minimum atomic E-state index is -4.40. The summed E-state index contributed by atoms with van der Waals surface area (Å²) >= 11 is 1.09. The molecular weight excluding hydrogens is 315 g/mol. The Labute approximate surface area is 118 Å². The maximum absolute atomic E-state index is 12.5. The quantitative estimate of drug-likeness (QED) is 0.865. The van der Waals surface area contributed by atoms with Gasteiger partial charge in [0.2, 0.25) is 10.0 Å². The van der Waals surface area contributed by atoms with Crippen molar-refractivity contribution in [3.8, 4) is 0 Å². The maximum Gasteiger partial charge on any atom is 0.412 e. The number of halogens is 3. The zero-order chi connectivity index (χ0) is 15.0. The van der Waals surface area contributed by atoms with Gasteiger partial charge in [0.25, 0.3) is 0 Å². The van der Waals surface area contributed by atoms with Crippen molar-refractivity contribution < 1.29 is 26.7 Å². The van der Waals surface area contributed by atoms with Crippen molar-refractivity contribution in [1.29, 1.82) is 0 Å². The molecule has 20 heavy (non-hydrogen) atoms. The molecule has 0 atom stereocenters. The van der Waals surface area contributed by atoms with Gasteiger partial charge in [-0.1, -0.05) is 6.08 Å². The van der Waals surface area contributed by atoms with Crippen molar-refractivity contribution >= 4 is 21.4 Å². The second-order valence-corrected chi connectivity index (χ2v) is 7.18. The Kier molecular flexibility index (Phi) is 4.24. The van der Waals surface area contributed by atoms with Crippen LogP contribution < -0.4 is 0 Å². The number of nitrogens with zero attached hydrogens (tertiary/aromatic N) is 1. The monoisotopic (exact) mass is 327 g/mol. The van der Waals surface area contributed by atoms with Crippen LogP contribution in [0.5, 0.6) is 0 Å². The lowest BCUT2D eigenvalue weighted by Gasteiger charge is -2.26. The summed E-state index contributed by atoms with van der Waals surface area (Å²) in [6, 6.07) is 1.34. The van der Waals surface area contributed by atoms with E-state index in [1.807, 2.05) is 0 Å². The summed E-state index contributed by atoms with van der Waals surface area (Å²) in [4.78, 5) is 0.502. The molecule has 112 valence electrons. The van der Waals surface area contributed by atoms with Gasteiger partial charge in [0, 0.05) is 28.9 Å². The first kappa shape index (κ1) is 15.5. The van der Waals surface area contributed by atoms with Gasteiger partial charge in [-0.2, -0.15) is 17.5 Å². The molecule has 1 aliphatic rings. The van der Waals surface area contributed by atoms with E-state index in [0.717, 1.165) is 21.7 Å². The molecule has 9 heteroatoms. The van der Waals surface area contributed by atoms with Crippen molar-refractivity contribution in [2.45, 2.75) is 24.1 Å². The topological polar surface area (TPSA) is 57.6 Å². The highest BCUT2D eigenvalue weighted by molar-refractivity contribution is 7.89. The van der Waals surface area contributed by atoms with Crippen molar-refractivity contribution in [3.05, 3.63) is 28.0 Å². The highest BCUT2D eigenvalue weighted by Gasteiger charge is 2.37. The zero-order valence-electron chi connectivity index (χ0n) is 10.2. The van der Waals surface area contributed by atoms with Gasteiger partial charge in [-0.3, -0.25) is 0 Å². The Balaban J connectivity index is 2.19. The molecule has 0 radical (unpaired) electrons. The van der Waals surface area contributed by atoms with E-state index in [-0.39, 0.29) is 31.0 Å². The van der Waals surface area contributed by atoms with E-state index >= 15 is 0 Å². The normalized spacial score (nSPS) is 18.1. The third kappa shape index (κ3) is 3.05. The molecular formula is C11H12F3NO3S2. The fraction of sp³-hybridized carbons (Fsp3) is 0.455. The molecule has 0 aromatic carbocycles. The molecule has 0 unspecified atom stereocenters. The first-order valence-corrected chi connectivity index (χ1v) is 8.02. The van der Waals surface area contributed by atoms with Crippen LogP contribution >= 0.6 is 11.3 Å². The summed E-state index contributed by atoms with van der Waals surface area (Å²) in [5, 5.41) is 10.3. The number of aliphatic hydroxyl groups is 1. The van der Waals surface area contributed by atoms with Crippen molar-refractivity contribution in [3.63, 3.8) is 0 Å². The summed E-state index contributed by atoms with van der Waals surface area (Å²) in [5.74, 6) is 0. The van der Waals surface area contributed by atoms with Gasteiger partial charge < -0.3 is 5.11 Å². The Morgan fingerprint density at radius 1 is 1.40 bits per heavy atom. The van der Waals surface area contributed by atoms with Gasteiger partial charge in [-0.15, -0.1) is 11.3 Å². The molecule has 0 bridgehead atoms. The summed E-state index contributed by atoms with van der Waals surface area (Å²) in [7, 11) is -3.80. The molecule has 0 amide bonds. The van der Waals surface area contributed by atoms with E-state index in [2.05, 4.69) is 0 Å². The Morgan fingerprint density at radius 2 is 2.10 bits per heavy atom. The molecule has 1 N–H and O–H groups in total. The third-order valence-electron chi connectivity index (χ3n) is 2.96. The number of aliphatic hydroxyl groups excluding tert-OH is 1. The van der Waals surface area contributed by atoms with E-state index < -0.39 is 21.8 Å². The van der Waals surface area contributed by atoms with Gasteiger partial charge in [0.15, 0.2) is 0 Å². The van der Waals surface area contributed by atoms with Crippen LogP contribution in [0.4, 0.5) is 13.2 Å². The maximum atomic E-state index is 12.5. The van der Waals surface area contributed by atoms with Crippen LogP contribution in [0.15, 0.2) is 28.0 Å². The van der Waals surface area contributed by atoms with E-state index in [0.29, 0.717) is 4.88 Å². The highest BCUT2D eigenvalue weighted by atomic mass is 32.2. The first-order chi connectivity index (χ1) is 9.25. The number of rotatable bonds is 3. The molecule has 0 spiro atoms. The number of hydrogen-bond donors (Lipinski definition) is 1. The molecule has 4 nitrogen and oxygen atoms in total. The van der Waals surface area contributed by atoms with Gasteiger partial charge in [0.1, 0.15) is 0 Å². The second-order valence-electron chi connectivity index (χ2n) is 4.25. The molecule has 2 heterocycles. The predicted molar refractivity (Wildman–Crippen MR) is 67.8 cm³/mol. The fourth-order valence-electron chi connectivity index (χ4n) is 1.85. The lowest BCUT2D eigenvalue weighted by Crippen LogP contribution is -2.36. The lowest BCUT2D eigenvalue weighted by molar-refractivity contribution is -0.0953. The zero-order valence-corrected chi connectivity index (χ0v) is 11.9. The minimum absolute atomic E-state index is 0.00964. The predicted octanol–water partition coefficient (Wildman–Crippen LogP) is 2.12. The molecule has 0 saturated carbocycles. The Morgan fingerprint density at radius 3 is 2.55 bits per heavy atom. The smallest absolute Gasteiger partial charge is 0.391 e. The van der Waals surface area contributed by atoms with E-state index in [1.54, 1.807) is 0 Å². The Hall–Kier alpha value is -0.900. The minimum Gasteiger partial charge on any atom is -0.391 e. The van der Waals surface area contributed by atoms with Crippen LogP contribution in [0.2, 0.25) is 0 Å². The van der Waals surface area contributed by atoms with Crippen molar-refractivity contribution in [1.82, 2.24) is 4.31 Å². The summed E-state index contributed by atoms with van der Waals surface area (Å²) < 4.78 is 62.9. The molecule has 0 saturated heterocycles. The van der Waals surface area contributed by atoms with Crippen LogP contribution in [-0.4, -0.2) is 37.1 Å². The van der Waals surface area contributed by atoms with E-state index in [4.69, 9.17) is 5.11 Å². The van der Waals surface area contributed by atoms with Crippen molar-refractivity contribution in [2.75, 3.05) is 13.1 Å². The summed E-state index contributed by atoms with van der Waals surface area (Å²) in [5.41, 5.74) is -0.690. The molecule has 2 rings (SSSR count). The van der Waals surface area contributed by atoms with Crippen LogP contribution in [0.25, 0.3) is 0 Å². The SMILES string of the molecule is O=S(=O)(c1csc(CO)c1)N1CC=C(C(F)(F)F)CC1. The van der Waals surface area contributed by atoms with E-state index in [9.17, 15) is 21.6 Å². The largest absolute Gasteiger partial charge is 0.412 e. The van der Waals surface area contributed by atoms with Gasteiger partial charge in [0.05, 0.1) is 11.5 Å².